The van der Waals surface area contributed by atoms with E-state index in [4.69, 9.17) is 0 Å². The van der Waals surface area contributed by atoms with E-state index in [1.807, 2.05) is 0 Å². The third-order valence-electron chi connectivity index (χ3n) is 4.34. The maximum atomic E-state index is 11.6. The third kappa shape index (κ3) is 6.32. The van der Waals surface area contributed by atoms with Crippen molar-refractivity contribution in [1.82, 2.24) is 10.6 Å². The lowest BCUT2D eigenvalue weighted by atomic mass is 10.1. The van der Waals surface area contributed by atoms with Crippen LogP contribution in [0.5, 0.6) is 11.5 Å². The molecule has 0 aliphatic rings. The van der Waals surface area contributed by atoms with Gasteiger partial charge in [0.1, 0.15) is 23.6 Å². The van der Waals surface area contributed by atoms with Crippen molar-refractivity contribution in [2.24, 2.45) is 0 Å². The van der Waals surface area contributed by atoms with Crippen molar-refractivity contribution in [3.63, 3.8) is 0 Å². The summed E-state index contributed by atoms with van der Waals surface area (Å²) >= 11 is -4.80. The second kappa shape index (κ2) is 11.1. The first-order valence-electron chi connectivity index (χ1n) is 8.82. The third-order valence-corrected chi connectivity index (χ3v) is 5.65. The van der Waals surface area contributed by atoms with E-state index in [1.165, 1.54) is 0 Å². The number of aromatic hydroxyl groups is 2. The Balaban J connectivity index is 2.14. The maximum absolute atomic E-state index is 11.6. The summed E-state index contributed by atoms with van der Waals surface area (Å²) < 4.78 is 40.8. The van der Waals surface area contributed by atoms with Gasteiger partial charge in [-0.05, 0) is 36.4 Å². The van der Waals surface area contributed by atoms with Gasteiger partial charge in [-0.1, -0.05) is 0 Å². The number of carboxylic acid groups (broad SMARTS) is 2. The summed E-state index contributed by atoms with van der Waals surface area (Å²) in [6.45, 7) is -0.252. The quantitative estimate of drug-likeness (QED) is 0.159. The lowest BCUT2D eigenvalue weighted by Crippen LogP contribution is -2.37. The highest BCUT2D eigenvalue weighted by molar-refractivity contribution is 7.79. The summed E-state index contributed by atoms with van der Waals surface area (Å²) in [5.41, 5.74) is -0.328. The zero-order valence-electron chi connectivity index (χ0n) is 16.2. The smallest absolute Gasteiger partial charge is 0.325 e. The lowest BCUT2D eigenvalue weighted by Gasteiger charge is -2.19. The molecule has 0 aliphatic heterocycles. The number of carbonyl (C=O) groups is 2. The molecule has 4 unspecified atom stereocenters. The molecular weight excluding hydrogens is 468 g/mol. The number of rotatable bonds is 11. The van der Waals surface area contributed by atoms with Crippen LogP contribution in [0.15, 0.2) is 46.2 Å². The maximum Gasteiger partial charge on any atom is 0.325 e. The standard InChI is InChI=1S/C18H20N2O10S2/c21-13-3-1-9(31(27)28)7-11(13)15(17(23)24)19-5-6-20-16(18(25)26)12-8-10(32(29)30)2-4-14(12)22/h1-4,7-8,15-16,19-22H,5-6H2,(H,23,24)(H,25,26)(H,27,28)(H,29,30). The first kappa shape index (κ1) is 25.4. The number of hydrogen-bond donors (Lipinski definition) is 8. The molecule has 0 aliphatic carbocycles. The highest BCUT2D eigenvalue weighted by Crippen LogP contribution is 2.28. The van der Waals surface area contributed by atoms with E-state index in [0.717, 1.165) is 36.4 Å². The predicted octanol–water partition coefficient (Wildman–Crippen LogP) is 0.390. The molecule has 2 aromatic carbocycles. The number of phenolic OH excluding ortho intramolecular Hbond substituents is 2. The van der Waals surface area contributed by atoms with Gasteiger partial charge in [-0.2, -0.15) is 0 Å². The van der Waals surface area contributed by atoms with Crippen LogP contribution in [0.1, 0.15) is 23.2 Å². The van der Waals surface area contributed by atoms with E-state index in [2.05, 4.69) is 10.6 Å². The second-order valence-electron chi connectivity index (χ2n) is 6.39. The summed E-state index contributed by atoms with van der Waals surface area (Å²) in [5, 5.41) is 44.0. The fourth-order valence-corrected chi connectivity index (χ4v) is 3.66. The molecule has 12 nitrogen and oxygen atoms in total. The highest BCUT2D eigenvalue weighted by Gasteiger charge is 2.26. The van der Waals surface area contributed by atoms with Crippen molar-refractivity contribution in [3.8, 4) is 11.5 Å². The van der Waals surface area contributed by atoms with Crippen LogP contribution in [0.25, 0.3) is 0 Å². The zero-order chi connectivity index (χ0) is 24.0. The van der Waals surface area contributed by atoms with E-state index in [9.17, 15) is 47.5 Å². The van der Waals surface area contributed by atoms with Crippen LogP contribution in [-0.4, -0.2) is 63.0 Å². The van der Waals surface area contributed by atoms with Gasteiger partial charge in [0.05, 0.1) is 9.79 Å². The molecule has 174 valence electrons. The fourth-order valence-electron chi connectivity index (χ4n) is 2.84. The second-order valence-corrected chi connectivity index (χ2v) is 8.33. The Labute approximate surface area is 186 Å². The molecule has 0 radical (unpaired) electrons. The Morgan fingerprint density at radius 2 is 1.09 bits per heavy atom. The molecule has 0 saturated heterocycles. The van der Waals surface area contributed by atoms with Gasteiger partial charge in [0.2, 0.25) is 0 Å². The molecule has 0 bridgehead atoms. The minimum Gasteiger partial charge on any atom is -0.508 e. The average Bonchev–Trinajstić information content (AvgIpc) is 2.71. The summed E-state index contributed by atoms with van der Waals surface area (Å²) in [6, 6.07) is 3.65. The van der Waals surface area contributed by atoms with E-state index in [0.29, 0.717) is 0 Å². The Morgan fingerprint density at radius 3 is 1.38 bits per heavy atom. The minimum absolute atomic E-state index is 0.119. The van der Waals surface area contributed by atoms with Gasteiger partial charge in [0.25, 0.3) is 0 Å². The highest BCUT2D eigenvalue weighted by atomic mass is 32.2. The topological polar surface area (TPSA) is 214 Å². The summed E-state index contributed by atoms with van der Waals surface area (Å²) in [4.78, 5) is 23.0. The molecule has 4 atom stereocenters. The molecule has 0 spiro atoms. The van der Waals surface area contributed by atoms with Gasteiger partial charge in [-0.25, -0.2) is 8.42 Å². The summed E-state index contributed by atoms with van der Waals surface area (Å²) in [6.07, 6.45) is 0. The van der Waals surface area contributed by atoms with Crippen molar-refractivity contribution in [3.05, 3.63) is 47.5 Å². The number of hydrogen-bond acceptors (Lipinski definition) is 8. The monoisotopic (exact) mass is 488 g/mol. The molecule has 32 heavy (non-hydrogen) atoms. The van der Waals surface area contributed by atoms with Crippen molar-refractivity contribution in [1.29, 1.82) is 0 Å². The van der Waals surface area contributed by atoms with E-state index in [1.54, 1.807) is 0 Å². The first-order chi connectivity index (χ1) is 15.0. The van der Waals surface area contributed by atoms with Crippen LogP contribution in [0.3, 0.4) is 0 Å². The van der Waals surface area contributed by atoms with E-state index >= 15 is 0 Å². The van der Waals surface area contributed by atoms with Crippen LogP contribution in [0.4, 0.5) is 0 Å². The number of benzene rings is 2. The number of phenols is 2. The summed E-state index contributed by atoms with van der Waals surface area (Å²) in [7, 11) is 0. The molecule has 0 amide bonds. The van der Waals surface area contributed by atoms with Crippen molar-refractivity contribution in [2.45, 2.75) is 21.9 Å². The van der Waals surface area contributed by atoms with Crippen LogP contribution >= 0.6 is 0 Å². The van der Waals surface area contributed by atoms with Crippen LogP contribution in [0.2, 0.25) is 0 Å². The Bertz CT molecular complexity index is 979. The number of aliphatic carboxylic acids is 2. The van der Waals surface area contributed by atoms with Gasteiger partial charge in [0, 0.05) is 24.2 Å². The molecular formula is C18H20N2O10S2. The molecule has 2 rings (SSSR count). The van der Waals surface area contributed by atoms with Gasteiger partial charge in [0.15, 0.2) is 22.2 Å². The molecule has 0 heterocycles. The lowest BCUT2D eigenvalue weighted by molar-refractivity contribution is -0.141. The number of nitrogens with one attached hydrogen (secondary N) is 2. The van der Waals surface area contributed by atoms with Crippen molar-refractivity contribution < 1.29 is 47.5 Å². The van der Waals surface area contributed by atoms with Gasteiger partial charge in [-0.15, -0.1) is 0 Å². The number of carboxylic acids is 2. The fraction of sp³-hybridized carbons (Fsp3) is 0.222. The molecule has 14 heteroatoms. The van der Waals surface area contributed by atoms with Crippen molar-refractivity contribution >= 4 is 34.1 Å². The SMILES string of the molecule is O=C(O)C(NCCNC(C(=O)O)c1cc(S(=O)O)ccc1O)c1cc(S(=O)O)ccc1O. The van der Waals surface area contributed by atoms with Crippen LogP contribution in [-0.2, 0) is 31.7 Å². The molecule has 0 aromatic heterocycles. The van der Waals surface area contributed by atoms with Crippen LogP contribution in [0, 0.1) is 0 Å². The van der Waals surface area contributed by atoms with E-state index < -0.39 is 57.7 Å². The zero-order valence-corrected chi connectivity index (χ0v) is 17.8. The van der Waals surface area contributed by atoms with Crippen LogP contribution < -0.4 is 10.6 Å². The predicted molar refractivity (Wildman–Crippen MR) is 111 cm³/mol. The molecule has 0 saturated carbocycles. The van der Waals surface area contributed by atoms with Crippen molar-refractivity contribution in [2.75, 3.05) is 13.1 Å². The first-order valence-corrected chi connectivity index (χ1v) is 11.0. The van der Waals surface area contributed by atoms with Gasteiger partial charge >= 0.3 is 11.9 Å². The Kier molecular flexibility index (Phi) is 8.82. The van der Waals surface area contributed by atoms with Gasteiger partial charge < -0.3 is 29.5 Å². The Hall–Kier alpha value is -2.88. The minimum atomic E-state index is -2.40. The van der Waals surface area contributed by atoms with E-state index in [-0.39, 0.29) is 34.0 Å². The molecule has 2 aromatic rings. The molecule has 8 N–H and O–H groups in total. The molecule has 0 fully saturated rings. The normalized spacial score (nSPS) is 14.9. The average molecular weight is 488 g/mol. The summed E-state index contributed by atoms with van der Waals surface area (Å²) in [5.74, 6) is -3.64. The van der Waals surface area contributed by atoms with Gasteiger partial charge in [-0.3, -0.25) is 20.2 Å². The largest absolute Gasteiger partial charge is 0.508 e. The Morgan fingerprint density at radius 1 is 0.750 bits per heavy atom.